The van der Waals surface area contributed by atoms with Crippen molar-refractivity contribution < 1.29 is 0 Å². The number of hydrogen-bond acceptors (Lipinski definition) is 4. The van der Waals surface area contributed by atoms with E-state index in [-0.39, 0.29) is 5.84 Å². The van der Waals surface area contributed by atoms with Crippen LogP contribution in [0.2, 0.25) is 0 Å². The Kier molecular flexibility index (Phi) is 4.91. The van der Waals surface area contributed by atoms with Crippen LogP contribution in [0.1, 0.15) is 26.1 Å². The average molecular weight is 224 g/mol. The van der Waals surface area contributed by atoms with E-state index in [4.69, 9.17) is 11.1 Å². The van der Waals surface area contributed by atoms with Gasteiger partial charge in [0.1, 0.15) is 12.2 Å². The molecule has 0 spiro atoms. The van der Waals surface area contributed by atoms with Crippen LogP contribution in [0.25, 0.3) is 0 Å². The predicted octanol–water partition coefficient (Wildman–Crippen LogP) is 0.446. The first kappa shape index (κ1) is 12.6. The molecule has 1 heterocycles. The van der Waals surface area contributed by atoms with E-state index in [1.807, 2.05) is 11.6 Å². The van der Waals surface area contributed by atoms with Gasteiger partial charge in [-0.15, -0.1) is 0 Å². The fourth-order valence-corrected chi connectivity index (χ4v) is 1.50. The Morgan fingerprint density at radius 1 is 1.56 bits per heavy atom. The van der Waals surface area contributed by atoms with Crippen molar-refractivity contribution in [3.8, 4) is 0 Å². The van der Waals surface area contributed by atoms with Crippen LogP contribution in [-0.2, 0) is 13.1 Å². The van der Waals surface area contributed by atoms with Crippen molar-refractivity contribution in [1.82, 2.24) is 19.7 Å². The zero-order valence-electron chi connectivity index (χ0n) is 9.98. The van der Waals surface area contributed by atoms with Gasteiger partial charge in [-0.25, -0.2) is 9.67 Å². The van der Waals surface area contributed by atoms with Crippen LogP contribution in [0.15, 0.2) is 6.33 Å². The molecule has 0 saturated carbocycles. The summed E-state index contributed by atoms with van der Waals surface area (Å²) in [5, 5.41) is 11.3. The minimum Gasteiger partial charge on any atom is -0.388 e. The Balaban J connectivity index is 2.52. The molecule has 0 bridgehead atoms. The SMILES string of the molecule is CCN(CCC(=N)N)Cc1ncnn1CC. The van der Waals surface area contributed by atoms with Crippen LogP contribution in [0, 0.1) is 5.41 Å². The van der Waals surface area contributed by atoms with Crippen molar-refractivity contribution >= 4 is 5.84 Å². The summed E-state index contributed by atoms with van der Waals surface area (Å²) in [6, 6.07) is 0. The fraction of sp³-hybridized carbons (Fsp3) is 0.700. The first-order chi connectivity index (χ1) is 7.67. The third-order valence-electron chi connectivity index (χ3n) is 2.50. The predicted molar refractivity (Wildman–Crippen MR) is 63.2 cm³/mol. The van der Waals surface area contributed by atoms with Crippen LogP contribution in [0.3, 0.4) is 0 Å². The molecular formula is C10H20N6. The van der Waals surface area contributed by atoms with E-state index < -0.39 is 0 Å². The van der Waals surface area contributed by atoms with Crippen LogP contribution >= 0.6 is 0 Å². The van der Waals surface area contributed by atoms with E-state index in [0.717, 1.165) is 32.0 Å². The Hall–Kier alpha value is -1.43. The van der Waals surface area contributed by atoms with Gasteiger partial charge in [0.2, 0.25) is 0 Å². The molecule has 0 aliphatic heterocycles. The molecule has 16 heavy (non-hydrogen) atoms. The molecule has 0 amide bonds. The van der Waals surface area contributed by atoms with Crippen molar-refractivity contribution in [2.75, 3.05) is 13.1 Å². The second-order valence-corrected chi connectivity index (χ2v) is 3.64. The molecular weight excluding hydrogens is 204 g/mol. The molecule has 1 rings (SSSR count). The Morgan fingerprint density at radius 2 is 2.31 bits per heavy atom. The number of amidine groups is 1. The number of nitrogens with one attached hydrogen (secondary N) is 1. The van der Waals surface area contributed by atoms with Gasteiger partial charge < -0.3 is 5.73 Å². The average Bonchev–Trinajstić information content (AvgIpc) is 2.70. The maximum absolute atomic E-state index is 7.21. The molecule has 0 unspecified atom stereocenters. The largest absolute Gasteiger partial charge is 0.388 e. The molecule has 0 radical (unpaired) electrons. The van der Waals surface area contributed by atoms with Gasteiger partial charge in [-0.3, -0.25) is 10.3 Å². The lowest BCUT2D eigenvalue weighted by molar-refractivity contribution is 0.275. The number of nitrogens with zero attached hydrogens (tertiary/aromatic N) is 4. The number of aryl methyl sites for hydroxylation is 1. The summed E-state index contributed by atoms with van der Waals surface area (Å²) in [6.07, 6.45) is 2.19. The van der Waals surface area contributed by atoms with Crippen molar-refractivity contribution in [1.29, 1.82) is 5.41 Å². The molecule has 1 aromatic rings. The van der Waals surface area contributed by atoms with Crippen LogP contribution < -0.4 is 5.73 Å². The standard InChI is InChI=1S/C10H20N6/c1-3-15(6-5-9(11)12)7-10-13-8-14-16(10)4-2/h8H,3-7H2,1-2H3,(H3,11,12). The minimum atomic E-state index is 0.232. The van der Waals surface area contributed by atoms with Gasteiger partial charge >= 0.3 is 0 Å². The topological polar surface area (TPSA) is 83.8 Å². The van der Waals surface area contributed by atoms with Gasteiger partial charge in [-0.05, 0) is 13.5 Å². The summed E-state index contributed by atoms with van der Waals surface area (Å²) < 4.78 is 1.89. The molecule has 0 aliphatic carbocycles. The van der Waals surface area contributed by atoms with Crippen molar-refractivity contribution in [3.63, 3.8) is 0 Å². The Morgan fingerprint density at radius 3 is 2.88 bits per heavy atom. The maximum atomic E-state index is 7.21. The molecule has 90 valence electrons. The Bertz CT molecular complexity index is 332. The minimum absolute atomic E-state index is 0.232. The van der Waals surface area contributed by atoms with Crippen LogP contribution in [-0.4, -0.2) is 38.6 Å². The van der Waals surface area contributed by atoms with Gasteiger partial charge in [0.15, 0.2) is 0 Å². The summed E-state index contributed by atoms with van der Waals surface area (Å²) in [4.78, 5) is 6.43. The highest BCUT2D eigenvalue weighted by atomic mass is 15.3. The number of nitrogens with two attached hydrogens (primary N) is 1. The van der Waals surface area contributed by atoms with E-state index in [2.05, 4.69) is 21.9 Å². The normalized spacial score (nSPS) is 10.9. The molecule has 6 heteroatoms. The van der Waals surface area contributed by atoms with Crippen molar-refractivity contribution in [2.24, 2.45) is 5.73 Å². The first-order valence-corrected chi connectivity index (χ1v) is 5.59. The van der Waals surface area contributed by atoms with Gasteiger partial charge in [-0.2, -0.15) is 5.10 Å². The molecule has 0 aromatic carbocycles. The molecule has 0 atom stereocenters. The third-order valence-corrected chi connectivity index (χ3v) is 2.50. The van der Waals surface area contributed by atoms with Gasteiger partial charge in [0.05, 0.1) is 12.4 Å². The lowest BCUT2D eigenvalue weighted by Crippen LogP contribution is -2.28. The summed E-state index contributed by atoms with van der Waals surface area (Å²) in [6.45, 7) is 7.44. The highest BCUT2D eigenvalue weighted by Crippen LogP contribution is 2.01. The van der Waals surface area contributed by atoms with Crippen molar-refractivity contribution in [2.45, 2.75) is 33.4 Å². The van der Waals surface area contributed by atoms with E-state index in [0.29, 0.717) is 6.42 Å². The number of hydrogen-bond donors (Lipinski definition) is 2. The Labute approximate surface area is 96.0 Å². The summed E-state index contributed by atoms with van der Waals surface area (Å²) in [5.74, 6) is 1.20. The lowest BCUT2D eigenvalue weighted by Gasteiger charge is -2.19. The van der Waals surface area contributed by atoms with Gasteiger partial charge in [0.25, 0.3) is 0 Å². The van der Waals surface area contributed by atoms with Crippen LogP contribution in [0.4, 0.5) is 0 Å². The van der Waals surface area contributed by atoms with Crippen LogP contribution in [0.5, 0.6) is 0 Å². The zero-order chi connectivity index (χ0) is 12.0. The summed E-state index contributed by atoms with van der Waals surface area (Å²) in [7, 11) is 0. The fourth-order valence-electron chi connectivity index (χ4n) is 1.50. The van der Waals surface area contributed by atoms with Crippen molar-refractivity contribution in [3.05, 3.63) is 12.2 Å². The molecule has 0 saturated heterocycles. The zero-order valence-corrected chi connectivity index (χ0v) is 9.98. The smallest absolute Gasteiger partial charge is 0.140 e. The van der Waals surface area contributed by atoms with E-state index in [1.165, 1.54) is 0 Å². The molecule has 0 fully saturated rings. The number of aromatic nitrogens is 3. The van der Waals surface area contributed by atoms with E-state index in [9.17, 15) is 0 Å². The maximum Gasteiger partial charge on any atom is 0.140 e. The highest BCUT2D eigenvalue weighted by molar-refractivity contribution is 5.76. The van der Waals surface area contributed by atoms with E-state index in [1.54, 1.807) is 6.33 Å². The summed E-state index contributed by atoms with van der Waals surface area (Å²) in [5.41, 5.74) is 5.35. The summed E-state index contributed by atoms with van der Waals surface area (Å²) >= 11 is 0. The molecule has 1 aromatic heterocycles. The third kappa shape index (κ3) is 3.62. The second-order valence-electron chi connectivity index (χ2n) is 3.64. The number of rotatable bonds is 7. The second kappa shape index (κ2) is 6.22. The van der Waals surface area contributed by atoms with E-state index >= 15 is 0 Å². The highest BCUT2D eigenvalue weighted by Gasteiger charge is 2.08. The lowest BCUT2D eigenvalue weighted by atomic mass is 10.3. The molecule has 6 nitrogen and oxygen atoms in total. The quantitative estimate of drug-likeness (QED) is 0.520. The first-order valence-electron chi connectivity index (χ1n) is 5.59. The monoisotopic (exact) mass is 224 g/mol. The molecule has 3 N–H and O–H groups in total. The van der Waals surface area contributed by atoms with Gasteiger partial charge in [-0.1, -0.05) is 6.92 Å². The van der Waals surface area contributed by atoms with Gasteiger partial charge in [0, 0.05) is 19.5 Å². The molecule has 0 aliphatic rings.